The highest BCUT2D eigenvalue weighted by atomic mass is 16.4. The SMILES string of the molecule is C[C@@H](O)[C@H](NC(=O)CNC(=O)[C@@H]1CCCN1C(=O)CNC(=O)[C@@H]1CCCN1C(=O)[C@@H](NC(=O)[C@H](Cc1ccc(O)cc1)NC(=O)[C@@H](N)CC(N)=O)[C@@H](C)O)C(=O)N[C@@H](CCCN=C(N)N)C(=O)N[C@@H](Cc1ccccc1)C(=O)O. The summed E-state index contributed by atoms with van der Waals surface area (Å²) in [6, 6.07) is 2.92. The van der Waals surface area contributed by atoms with Crippen LogP contribution in [0.25, 0.3) is 0 Å². The maximum absolute atomic E-state index is 14.0. The van der Waals surface area contributed by atoms with Gasteiger partial charge in [0.2, 0.25) is 59.1 Å². The lowest BCUT2D eigenvalue weighted by Crippen LogP contribution is -2.61. The van der Waals surface area contributed by atoms with Crippen molar-refractivity contribution in [1.82, 2.24) is 47.0 Å². The Morgan fingerprint density at radius 2 is 1.18 bits per heavy atom. The number of carboxylic acid groups (broad SMARTS) is 1. The molecule has 0 spiro atoms. The summed E-state index contributed by atoms with van der Waals surface area (Å²) in [5, 5.41) is 57.9. The first kappa shape index (κ1) is 63.1. The van der Waals surface area contributed by atoms with Gasteiger partial charge >= 0.3 is 5.97 Å². The van der Waals surface area contributed by atoms with Crippen molar-refractivity contribution in [2.24, 2.45) is 27.9 Å². The van der Waals surface area contributed by atoms with Crippen molar-refractivity contribution in [1.29, 1.82) is 0 Å². The first-order chi connectivity index (χ1) is 37.4. The van der Waals surface area contributed by atoms with Crippen LogP contribution in [0.5, 0.6) is 5.75 Å². The zero-order valence-corrected chi connectivity index (χ0v) is 43.8. The van der Waals surface area contributed by atoms with Gasteiger partial charge in [0.05, 0.1) is 37.8 Å². The third-order valence-corrected chi connectivity index (χ3v) is 12.9. The molecule has 79 heavy (non-hydrogen) atoms. The second-order valence-electron chi connectivity index (χ2n) is 19.2. The van der Waals surface area contributed by atoms with Crippen molar-refractivity contribution in [3.8, 4) is 5.75 Å². The van der Waals surface area contributed by atoms with Crippen LogP contribution in [0.2, 0.25) is 0 Å². The van der Waals surface area contributed by atoms with E-state index in [9.17, 15) is 73.2 Å². The number of rotatable bonds is 29. The number of hydrogen-bond acceptors (Lipinski definition) is 16. The molecule has 0 bridgehead atoms. The zero-order chi connectivity index (χ0) is 58.5. The lowest BCUT2D eigenvalue weighted by molar-refractivity contribution is -0.144. The van der Waals surface area contributed by atoms with Crippen molar-refractivity contribution in [3.63, 3.8) is 0 Å². The van der Waals surface area contributed by atoms with E-state index in [1.807, 2.05) is 0 Å². The molecule has 10 atom stereocenters. The van der Waals surface area contributed by atoms with Crippen molar-refractivity contribution in [2.75, 3.05) is 32.7 Å². The number of primary amides is 1. The van der Waals surface area contributed by atoms with Crippen LogP contribution in [0.15, 0.2) is 59.6 Å². The number of aliphatic imine (C=N–C) groups is 1. The number of amides is 10. The van der Waals surface area contributed by atoms with E-state index in [4.69, 9.17) is 22.9 Å². The highest BCUT2D eigenvalue weighted by molar-refractivity contribution is 5.98. The second kappa shape index (κ2) is 30.5. The van der Waals surface area contributed by atoms with Gasteiger partial charge in [0, 0.05) is 32.5 Å². The van der Waals surface area contributed by atoms with Crippen molar-refractivity contribution in [2.45, 2.75) is 132 Å². The third-order valence-electron chi connectivity index (χ3n) is 12.9. The normalized spacial score (nSPS) is 17.9. The zero-order valence-electron chi connectivity index (χ0n) is 43.8. The molecular weight excluding hydrogens is 1040 g/mol. The Morgan fingerprint density at radius 3 is 1.76 bits per heavy atom. The van der Waals surface area contributed by atoms with Crippen LogP contribution in [-0.4, -0.2) is 194 Å². The number of phenolic OH excluding ortho intramolecular Hbond substituents is 1. The molecule has 0 aliphatic carbocycles. The van der Waals surface area contributed by atoms with E-state index < -0.39 is 145 Å². The Bertz CT molecular complexity index is 2530. The molecule has 2 saturated heterocycles. The number of aromatic hydroxyl groups is 1. The molecule has 0 saturated carbocycles. The fraction of sp³-hybridized carbons (Fsp3) is 0.520. The fourth-order valence-electron chi connectivity index (χ4n) is 8.78. The van der Waals surface area contributed by atoms with Gasteiger partial charge in [-0.05, 0) is 75.6 Å². The number of guanidine groups is 1. The van der Waals surface area contributed by atoms with E-state index in [1.54, 1.807) is 30.3 Å². The van der Waals surface area contributed by atoms with Crippen molar-refractivity contribution in [3.05, 3.63) is 65.7 Å². The number of likely N-dealkylation sites (tertiary alicyclic amines) is 2. The summed E-state index contributed by atoms with van der Waals surface area (Å²) in [4.78, 5) is 151. The molecule has 19 N–H and O–H groups in total. The molecule has 2 aromatic carbocycles. The predicted molar refractivity (Wildman–Crippen MR) is 280 cm³/mol. The number of nitrogens with two attached hydrogens (primary N) is 4. The van der Waals surface area contributed by atoms with Crippen LogP contribution in [0.1, 0.15) is 69.9 Å². The molecule has 10 amide bonds. The summed E-state index contributed by atoms with van der Waals surface area (Å²) in [5.74, 6) is -10.3. The van der Waals surface area contributed by atoms with Crippen LogP contribution in [0, 0.1) is 0 Å². The lowest BCUT2D eigenvalue weighted by Gasteiger charge is -2.31. The van der Waals surface area contributed by atoms with Gasteiger partial charge in [0.25, 0.3) is 0 Å². The molecule has 0 unspecified atom stereocenters. The summed E-state index contributed by atoms with van der Waals surface area (Å²) in [5.41, 5.74) is 22.8. The Labute approximate surface area is 454 Å². The maximum Gasteiger partial charge on any atom is 0.326 e. The first-order valence-corrected chi connectivity index (χ1v) is 25.5. The molecule has 2 fully saturated rings. The average molecular weight is 1110 g/mol. The summed E-state index contributed by atoms with van der Waals surface area (Å²) >= 11 is 0. The lowest BCUT2D eigenvalue weighted by atomic mass is 10.0. The van der Waals surface area contributed by atoms with Gasteiger partial charge in [-0.3, -0.25) is 52.9 Å². The smallest absolute Gasteiger partial charge is 0.326 e. The number of benzene rings is 2. The number of nitrogens with one attached hydrogen (secondary N) is 7. The van der Waals surface area contributed by atoms with Gasteiger partial charge in [0.1, 0.15) is 48.0 Å². The predicted octanol–water partition coefficient (Wildman–Crippen LogP) is -6.08. The van der Waals surface area contributed by atoms with Crippen LogP contribution in [0.4, 0.5) is 0 Å². The Kier molecular flexibility index (Phi) is 24.3. The minimum atomic E-state index is -1.68. The van der Waals surface area contributed by atoms with Gasteiger partial charge in [-0.1, -0.05) is 42.5 Å². The Hall–Kier alpha value is -8.44. The van der Waals surface area contributed by atoms with Crippen molar-refractivity contribution >= 4 is 71.0 Å². The number of aliphatic hydroxyl groups is 2. The van der Waals surface area contributed by atoms with E-state index in [0.29, 0.717) is 24.0 Å². The number of carbonyl (C=O) groups is 11. The van der Waals surface area contributed by atoms with E-state index in [0.717, 1.165) is 4.90 Å². The standard InChI is InChI=1S/C50H72N14O15/c1-26(65)40(47(76)58-32(11-6-18-55-50(53)54)43(72)60-34(49(78)79)22-28-9-4-3-5-10-28)61-38(69)24-56-45(74)35-12-7-19-63(35)39(70)25-57-46(75)36-13-8-20-64(36)48(77)41(27(2)66)62-44(73)33(21-29-14-16-30(67)17-15-29)59-42(71)31(51)23-37(52)68/h3-5,9-10,14-17,26-27,31-36,40-41,65-67H,6-8,11-13,18-25,51H2,1-2H3,(H2,52,68)(H,56,74)(H,57,75)(H,58,76)(H,59,71)(H,60,72)(H,61,69)(H,62,73)(H,78,79)(H4,53,54,55)/t26-,27-,31+,32+,33+,34+,35+,36+,40+,41+/m1/s1. The number of nitrogens with zero attached hydrogens (tertiary/aromatic N) is 3. The van der Waals surface area contributed by atoms with Crippen LogP contribution >= 0.6 is 0 Å². The van der Waals surface area contributed by atoms with Crippen LogP contribution in [0.3, 0.4) is 0 Å². The van der Waals surface area contributed by atoms with Gasteiger partial charge in [0.15, 0.2) is 5.96 Å². The number of aliphatic carboxylic acids is 1. The van der Waals surface area contributed by atoms with Crippen LogP contribution < -0.4 is 60.2 Å². The van der Waals surface area contributed by atoms with Crippen molar-refractivity contribution < 1.29 is 73.2 Å². The van der Waals surface area contributed by atoms with Crippen LogP contribution in [-0.2, 0) is 65.6 Å². The summed E-state index contributed by atoms with van der Waals surface area (Å²) in [6.45, 7) is 1.22. The van der Waals surface area contributed by atoms with E-state index in [1.165, 1.54) is 43.0 Å². The van der Waals surface area contributed by atoms with Gasteiger partial charge in [-0.25, -0.2) is 4.79 Å². The summed E-state index contributed by atoms with van der Waals surface area (Å²) in [6.07, 6.45) is -2.84. The largest absolute Gasteiger partial charge is 0.508 e. The third kappa shape index (κ3) is 19.8. The average Bonchev–Trinajstić information content (AvgIpc) is 4.13. The Morgan fingerprint density at radius 1 is 0.646 bits per heavy atom. The topological polar surface area (TPSA) is 476 Å². The minimum absolute atomic E-state index is 0.0220. The number of hydrogen-bond donors (Lipinski definition) is 15. The molecular formula is C50H72N14O15. The maximum atomic E-state index is 14.0. The molecule has 432 valence electrons. The monoisotopic (exact) mass is 1110 g/mol. The molecule has 2 aliphatic heterocycles. The number of phenols is 1. The number of aliphatic hydroxyl groups excluding tert-OH is 2. The molecule has 4 rings (SSSR count). The molecule has 29 heteroatoms. The number of carboxylic acids is 1. The molecule has 0 radical (unpaired) electrons. The summed E-state index contributed by atoms with van der Waals surface area (Å²) < 4.78 is 0. The molecule has 2 aliphatic rings. The van der Waals surface area contributed by atoms with Gasteiger partial charge in [-0.15, -0.1) is 0 Å². The van der Waals surface area contributed by atoms with Gasteiger partial charge < -0.3 is 90.4 Å². The second-order valence-corrected chi connectivity index (χ2v) is 19.2. The minimum Gasteiger partial charge on any atom is -0.508 e. The molecule has 2 heterocycles. The summed E-state index contributed by atoms with van der Waals surface area (Å²) in [7, 11) is 0. The number of carbonyl (C=O) groups excluding carboxylic acids is 10. The highest BCUT2D eigenvalue weighted by Crippen LogP contribution is 2.21. The van der Waals surface area contributed by atoms with Gasteiger partial charge in [-0.2, -0.15) is 0 Å². The molecule has 0 aromatic heterocycles. The van der Waals surface area contributed by atoms with E-state index in [2.05, 4.69) is 42.2 Å². The Balaban J connectivity index is 1.34. The first-order valence-electron chi connectivity index (χ1n) is 25.5. The molecule has 2 aromatic rings. The fourth-order valence-corrected chi connectivity index (χ4v) is 8.78. The quantitative estimate of drug-likeness (QED) is 0.0205. The van der Waals surface area contributed by atoms with E-state index >= 15 is 0 Å². The van der Waals surface area contributed by atoms with E-state index in [-0.39, 0.29) is 69.9 Å². The highest BCUT2D eigenvalue weighted by Gasteiger charge is 2.41. The molecule has 29 nitrogen and oxygen atoms in total.